The molecule has 0 saturated carbocycles. The van der Waals surface area contributed by atoms with Crippen molar-refractivity contribution in [2.75, 3.05) is 0 Å². The highest BCUT2D eigenvalue weighted by Gasteiger charge is -0.0604. The summed E-state index contributed by atoms with van der Waals surface area (Å²) in [6.45, 7) is 0. The van der Waals surface area contributed by atoms with E-state index in [1.165, 1.54) is 0 Å². The van der Waals surface area contributed by atoms with E-state index in [0.717, 1.165) is 0 Å². The van der Waals surface area contributed by atoms with E-state index in [9.17, 15) is 0 Å². The van der Waals surface area contributed by atoms with E-state index in [0.29, 0.717) is 0 Å². The molecule has 0 aromatic heterocycles. The van der Waals surface area contributed by atoms with Gasteiger partial charge in [0.05, 0.1) is 0 Å². The third-order valence-electron chi connectivity index (χ3n) is 0. The Kier molecular flexibility index (Phi) is 91800000. The number of rotatable bonds is 0. The van der Waals surface area contributed by atoms with E-state index in [1.54, 1.807) is 0 Å². The molecule has 0 rings (SSSR count). The van der Waals surface area contributed by atoms with Crippen LogP contribution in [0.5, 0.6) is 0 Å². The highest BCUT2D eigenvalue weighted by molar-refractivity contribution is 2.52. The molecule has 0 aliphatic rings. The van der Waals surface area contributed by atoms with Gasteiger partial charge in [0.25, 0.3) is 0 Å². The van der Waals surface area contributed by atoms with Crippen molar-refractivity contribution in [3.8, 4) is 0 Å². The Balaban J connectivity index is -0.000000000111. The van der Waals surface area contributed by atoms with Crippen LogP contribution in [-0.4, -0.2) is 0 Å². The van der Waals surface area contributed by atoms with Gasteiger partial charge in [0.1, 0.15) is 2.82 Å². The van der Waals surface area contributed by atoms with Gasteiger partial charge in [0, 0.05) is 0 Å². The zero-order chi connectivity index (χ0) is 4.00. The summed E-state index contributed by atoms with van der Waals surface area (Å²) in [5.41, 5.74) is 0. The fourth-order valence-corrected chi connectivity index (χ4v) is 0. The second-order valence-corrected chi connectivity index (χ2v) is 0. The van der Waals surface area contributed by atoms with E-state index in [1.807, 2.05) is 0 Å². The third-order valence-corrected chi connectivity index (χ3v) is 0. The van der Waals surface area contributed by atoms with Crippen molar-refractivity contribution in [2.45, 2.75) is 134 Å². The van der Waals surface area contributed by atoms with Crippen LogP contribution in [0.2, 0.25) is 2.82 Å². The second kappa shape index (κ2) is 949000. The Hall–Kier alpha value is -0.0800. The number of hydrogen-bond acceptors (Lipinski definition) is 2. The van der Waals surface area contributed by atoms with E-state index >= 15 is 0 Å². The molecule has 2 nitrogen and oxygen atoms in total. The van der Waals surface area contributed by atoms with Crippen molar-refractivity contribution in [3.63, 3.8) is 0 Å². The monoisotopic (exact) mass is 325 g/mol. The van der Waals surface area contributed by atoms with Gasteiger partial charge in [-0.1, -0.05) is 134 Å². The van der Waals surface area contributed by atoms with Crippen molar-refractivity contribution in [1.29, 1.82) is 0 Å². The van der Waals surface area contributed by atoms with E-state index in [4.69, 9.17) is 2.82 Å². The first kappa shape index (κ1) is 1930. The molecule has 2 heteroatoms. The van der Waals surface area contributed by atoms with Crippen LogP contribution in [0.25, 0.3) is 0 Å². The lowest BCUT2D eigenvalue weighted by molar-refractivity contribution is 2.13. The first-order chi connectivity index (χ1) is 2.00. The summed E-state index contributed by atoms with van der Waals surface area (Å²) < 4.78 is 10.5. The maximum absolute atomic E-state index is 5.25. The predicted octanol–water partition coefficient (Wildman–Crippen LogP) is 11.8. The third kappa shape index (κ3) is 802000. The molecule has 0 aliphatic carbocycles. The Morgan fingerprint density at radius 1 is 0.200 bits per heavy atom. The van der Waals surface area contributed by atoms with Gasteiger partial charge >= 0.3 is 0 Å². The summed E-state index contributed by atoms with van der Waals surface area (Å²) in [5, 5.41) is 0. The Morgan fingerprint density at radius 2 is 0.200 bits per heavy atom. The smallest absolute Gasteiger partial charge is 0.115 e. The summed E-state index contributed by atoms with van der Waals surface area (Å²) in [7, 11) is 0. The van der Waals surface area contributed by atoms with Crippen molar-refractivity contribution in [1.82, 2.24) is 12.3 Å². The zero-order valence-electron chi connectivity index (χ0n) is 3.15. The molecule has 0 heterocycles. The van der Waals surface area contributed by atoms with Crippen LogP contribution in [0.15, 0.2) is 0 Å². The molecule has 0 bridgehead atoms. The Bertz CT molecular complexity index is 19.0. The summed E-state index contributed by atoms with van der Waals surface area (Å²) in [5.74, 6) is 0. The van der Waals surface area contributed by atoms with Gasteiger partial charge in [-0.3, -0.25) is 0 Å². The lowest BCUT2D eigenvalue weighted by Gasteiger charge is -0.345. The average Bonchev–Trinajstić information content (AvgIpc) is 1.50. The molecule has 0 fully saturated rings. The van der Waals surface area contributed by atoms with Crippen LogP contribution < -0.4 is 12.3 Å². The molecule has 0 unspecified atom stereocenters. The minimum absolute atomic E-state index is 0. The van der Waals surface area contributed by atoms with Gasteiger partial charge in [-0.25, -0.2) is 0 Å². The van der Waals surface area contributed by atoms with Gasteiger partial charge in [0.2, 0.25) is 0 Å². The molecular weight excluding hydrogens is 244 g/mol. The Labute approximate surface area is 149 Å². The van der Waals surface area contributed by atoms with Gasteiger partial charge in [-0.15, -0.1) is 0 Å². The summed E-state index contributed by atoms with van der Waals surface area (Å²) in [4.78, 5) is 0. The topological polar surface area (TPSA) is 70.0 Å². The standard InChI is InChI=1S/18CH4.2H3N/h18*1H4;2*1H3/i/hD2. The average molecular weight is 325 g/mol. The van der Waals surface area contributed by atoms with Crippen LogP contribution >= 0.6 is 0 Å². The molecule has 20 heavy (non-hydrogen) atoms. The minimum Gasteiger partial charge on any atom is -0.344 e. The van der Waals surface area contributed by atoms with Crippen molar-refractivity contribution >= 4 is 0 Å². The fourth-order valence-electron chi connectivity index (χ4n) is 0. The van der Waals surface area contributed by atoms with Gasteiger partial charge in [-0.05, 0) is 0 Å². The van der Waals surface area contributed by atoms with E-state index in [2.05, 4.69) is 12.3 Å². The lowest BCUT2D eigenvalue weighted by Crippen LogP contribution is -0.482. The maximum Gasteiger partial charge on any atom is 0.115 e. The largest absolute Gasteiger partial charge is 0.344 e. The minimum atomic E-state index is 0. The quantitative estimate of drug-likeness (QED) is 0.465. The first-order valence-corrected chi connectivity index (χ1v) is 0. The van der Waals surface area contributed by atoms with Gasteiger partial charge in [0.15, 0.2) is 0 Å². The molecule has 0 aromatic rings. The molecule has 0 saturated heterocycles. The van der Waals surface area contributed by atoms with Gasteiger partial charge in [-0.2, -0.15) is 0 Å². The maximum atomic E-state index is 5.25. The van der Waals surface area contributed by atoms with Gasteiger partial charge < -0.3 is 12.3 Å². The lowest BCUT2D eigenvalue weighted by atomic mass is 12.0. The molecule has 0 aliphatic heterocycles. The molecule has 0 radical (unpaired) electrons. The highest BCUT2D eigenvalue weighted by atomic mass is 14.0. The van der Waals surface area contributed by atoms with E-state index in [-0.39, 0.29) is 134 Å². The van der Waals surface area contributed by atoms with Crippen LogP contribution in [0.4, 0.5) is 0 Å². The molecule has 0 atom stereocenters. The van der Waals surface area contributed by atoms with Crippen LogP contribution in [0, 0.1) is 0 Å². The molecule has 0 aromatic carbocycles. The van der Waals surface area contributed by atoms with Crippen molar-refractivity contribution in [3.05, 3.63) is 0 Å². The first-order valence-electron chi connectivity index (χ1n) is 1.15. The Morgan fingerprint density at radius 3 is 0.200 bits per heavy atom. The SMILES string of the molecule is C.C.C.C.C.C.C.C.C.C.C.C.C.C.C.C.C.C.[2H]N.[2H]N. The van der Waals surface area contributed by atoms with Crippen LogP contribution in [0.3, 0.4) is 0 Å². The zero-order valence-corrected chi connectivity index (χ0v) is 1.15. The van der Waals surface area contributed by atoms with Crippen LogP contribution in [0.1, 0.15) is 134 Å². The molecule has 0 spiro atoms. The summed E-state index contributed by atoms with van der Waals surface area (Å²) in [6, 6.07) is 0. The molecule has 0 amide bonds. The van der Waals surface area contributed by atoms with Crippen LogP contribution in [-0.2, 0) is 0 Å². The highest BCUT2D eigenvalue weighted by Crippen LogP contribution is 0.161. The van der Waals surface area contributed by atoms with E-state index < -0.39 is 0 Å². The molecule has 6 N–H and O–H groups in total. The normalized spacial score (nSPS) is 0.700. The number of hydrogen-bond donors (Lipinski definition) is 2. The van der Waals surface area contributed by atoms with Crippen molar-refractivity contribution < 1.29 is 2.82 Å². The second-order valence-electron chi connectivity index (χ2n) is 0. The fraction of sp³-hybridized carbons (Fsp3) is 1.00. The molecule has 160 valence electrons. The summed E-state index contributed by atoms with van der Waals surface area (Å²) >= 11 is 0. The van der Waals surface area contributed by atoms with Crippen molar-refractivity contribution in [2.24, 2.45) is 0 Å². The summed E-state index contributed by atoms with van der Waals surface area (Å²) in [6.07, 6.45) is 7.50. The molecular formula is C18H78N2. The predicted molar refractivity (Wildman–Crippen MR) is 131 cm³/mol.